The third kappa shape index (κ3) is 5.39. The Morgan fingerprint density at radius 2 is 1.69 bits per heavy atom. The minimum absolute atomic E-state index is 0.0752. The number of benzene rings is 2. The fourth-order valence-electron chi connectivity index (χ4n) is 4.47. The number of halogens is 1. The first-order valence-corrected chi connectivity index (χ1v) is 12.9. The molecule has 36 heavy (non-hydrogen) atoms. The highest BCUT2D eigenvalue weighted by molar-refractivity contribution is 9.10. The van der Waals surface area contributed by atoms with Crippen LogP contribution in [-0.2, 0) is 13.2 Å². The number of hydrogen-bond acceptors (Lipinski definition) is 5. The molecule has 0 unspecified atom stereocenters. The molecule has 1 fully saturated rings. The van der Waals surface area contributed by atoms with Crippen molar-refractivity contribution in [1.82, 2.24) is 19.6 Å². The predicted octanol–water partition coefficient (Wildman–Crippen LogP) is 5.38. The van der Waals surface area contributed by atoms with Crippen LogP contribution in [-0.4, -0.2) is 51.7 Å². The van der Waals surface area contributed by atoms with Gasteiger partial charge in [0.25, 0.3) is 5.91 Å². The van der Waals surface area contributed by atoms with Gasteiger partial charge in [-0.15, -0.1) is 0 Å². The normalized spacial score (nSPS) is 14.2. The third-order valence-electron chi connectivity index (χ3n) is 6.55. The number of carbonyl (C=O) groups excluding carboxylic acids is 1. The predicted molar refractivity (Wildman–Crippen MR) is 141 cm³/mol. The summed E-state index contributed by atoms with van der Waals surface area (Å²) in [6, 6.07) is 21.4. The molecule has 7 nitrogen and oxygen atoms in total. The number of carbonyl (C=O) groups is 1. The van der Waals surface area contributed by atoms with Crippen molar-refractivity contribution in [2.45, 2.75) is 27.0 Å². The van der Waals surface area contributed by atoms with E-state index in [2.05, 4.69) is 46.8 Å². The first-order valence-electron chi connectivity index (χ1n) is 12.1. The van der Waals surface area contributed by atoms with E-state index in [9.17, 15) is 4.79 Å². The van der Waals surface area contributed by atoms with Gasteiger partial charge in [-0.05, 0) is 62.4 Å². The fourth-order valence-corrected chi connectivity index (χ4v) is 4.73. The fraction of sp³-hybridized carbons (Fsp3) is 0.286. The Bertz CT molecular complexity index is 1320. The van der Waals surface area contributed by atoms with Crippen LogP contribution in [0.1, 0.15) is 33.3 Å². The van der Waals surface area contributed by atoms with Crippen molar-refractivity contribution < 1.29 is 13.9 Å². The van der Waals surface area contributed by atoms with Gasteiger partial charge < -0.3 is 14.1 Å². The summed E-state index contributed by atoms with van der Waals surface area (Å²) < 4.78 is 14.6. The lowest BCUT2D eigenvalue weighted by Crippen LogP contribution is -2.48. The Labute approximate surface area is 219 Å². The molecule has 2 aromatic carbocycles. The van der Waals surface area contributed by atoms with Gasteiger partial charge in [0.05, 0.1) is 11.4 Å². The number of rotatable bonds is 7. The summed E-state index contributed by atoms with van der Waals surface area (Å²) >= 11 is 3.41. The highest BCUT2D eigenvalue weighted by Crippen LogP contribution is 2.22. The quantitative estimate of drug-likeness (QED) is 0.310. The van der Waals surface area contributed by atoms with Gasteiger partial charge in [0.1, 0.15) is 18.1 Å². The summed E-state index contributed by atoms with van der Waals surface area (Å²) in [5, 5.41) is 4.77. The Balaban J connectivity index is 1.15. The van der Waals surface area contributed by atoms with Crippen molar-refractivity contribution in [3.8, 4) is 11.4 Å². The first-order chi connectivity index (χ1) is 17.5. The second-order valence-electron chi connectivity index (χ2n) is 8.97. The highest BCUT2D eigenvalue weighted by Gasteiger charge is 2.25. The van der Waals surface area contributed by atoms with E-state index in [1.807, 2.05) is 52.0 Å². The van der Waals surface area contributed by atoms with Crippen molar-refractivity contribution in [3.63, 3.8) is 0 Å². The highest BCUT2D eigenvalue weighted by atomic mass is 79.9. The molecule has 1 aliphatic heterocycles. The molecule has 0 bridgehead atoms. The Morgan fingerprint density at radius 3 is 2.42 bits per heavy atom. The zero-order chi connectivity index (χ0) is 25.1. The number of aryl methyl sites for hydroxylation is 1. The molecular weight excluding hydrogens is 520 g/mol. The van der Waals surface area contributed by atoms with E-state index in [1.165, 1.54) is 5.56 Å². The SMILES string of the molecule is Cc1nn(-c2ccccc2)c(C)c1CN1CCN(C(=O)c2ccc(COc3ccc(Br)cc3)o2)CC1. The van der Waals surface area contributed by atoms with Gasteiger partial charge in [-0.25, -0.2) is 4.68 Å². The van der Waals surface area contributed by atoms with Crippen LogP contribution in [0.3, 0.4) is 0 Å². The molecular formula is C28H29BrN4O3. The van der Waals surface area contributed by atoms with Gasteiger partial charge in [-0.2, -0.15) is 5.10 Å². The lowest BCUT2D eigenvalue weighted by atomic mass is 10.1. The van der Waals surface area contributed by atoms with Crippen molar-refractivity contribution in [2.75, 3.05) is 26.2 Å². The Hall–Kier alpha value is -3.36. The van der Waals surface area contributed by atoms with Gasteiger partial charge in [0, 0.05) is 48.5 Å². The van der Waals surface area contributed by atoms with Gasteiger partial charge in [0.2, 0.25) is 0 Å². The molecule has 3 heterocycles. The van der Waals surface area contributed by atoms with Crippen LogP contribution in [0.25, 0.3) is 5.69 Å². The van der Waals surface area contributed by atoms with Crippen LogP contribution in [0, 0.1) is 13.8 Å². The van der Waals surface area contributed by atoms with E-state index in [0.717, 1.165) is 46.9 Å². The van der Waals surface area contributed by atoms with Crippen molar-refractivity contribution >= 4 is 21.8 Å². The molecule has 0 aliphatic carbocycles. The van der Waals surface area contributed by atoms with E-state index >= 15 is 0 Å². The molecule has 0 saturated carbocycles. The van der Waals surface area contributed by atoms with E-state index in [0.29, 0.717) is 24.6 Å². The summed E-state index contributed by atoms with van der Waals surface area (Å²) in [5.41, 5.74) is 4.52. The minimum Gasteiger partial charge on any atom is -0.486 e. The molecule has 0 N–H and O–H groups in total. The largest absolute Gasteiger partial charge is 0.486 e. The number of nitrogens with zero attached hydrogens (tertiary/aromatic N) is 4. The number of aromatic nitrogens is 2. The zero-order valence-electron chi connectivity index (χ0n) is 20.5. The van der Waals surface area contributed by atoms with E-state index in [-0.39, 0.29) is 12.5 Å². The van der Waals surface area contributed by atoms with Crippen molar-refractivity contribution in [1.29, 1.82) is 0 Å². The van der Waals surface area contributed by atoms with E-state index < -0.39 is 0 Å². The monoisotopic (exact) mass is 548 g/mol. The molecule has 0 atom stereocenters. The van der Waals surface area contributed by atoms with Crippen LogP contribution in [0.15, 0.2) is 75.6 Å². The van der Waals surface area contributed by atoms with Crippen LogP contribution in [0.5, 0.6) is 5.75 Å². The lowest BCUT2D eigenvalue weighted by Gasteiger charge is -2.34. The average molecular weight is 549 g/mol. The second kappa shape index (κ2) is 10.7. The molecule has 0 spiro atoms. The number of amides is 1. The van der Waals surface area contributed by atoms with E-state index in [4.69, 9.17) is 14.3 Å². The summed E-state index contributed by atoms with van der Waals surface area (Å²) in [4.78, 5) is 17.3. The molecule has 4 aromatic rings. The van der Waals surface area contributed by atoms with Gasteiger partial charge in [0.15, 0.2) is 5.76 Å². The molecule has 8 heteroatoms. The molecule has 5 rings (SSSR count). The van der Waals surface area contributed by atoms with Gasteiger partial charge >= 0.3 is 0 Å². The molecule has 1 amide bonds. The summed E-state index contributed by atoms with van der Waals surface area (Å²) in [7, 11) is 0. The third-order valence-corrected chi connectivity index (χ3v) is 7.08. The number of para-hydroxylation sites is 1. The standard InChI is InChI=1S/C28H29BrN4O3/c1-20-26(21(2)33(30-20)23-6-4-3-5-7-23)18-31-14-16-32(17-15-31)28(34)27-13-12-25(36-27)19-35-24-10-8-22(29)9-11-24/h3-13H,14-19H2,1-2H3. The Kier molecular flexibility index (Phi) is 7.25. The molecule has 1 saturated heterocycles. The molecule has 186 valence electrons. The zero-order valence-corrected chi connectivity index (χ0v) is 22.1. The van der Waals surface area contributed by atoms with Crippen LogP contribution < -0.4 is 4.74 Å². The molecule has 2 aromatic heterocycles. The number of hydrogen-bond donors (Lipinski definition) is 0. The summed E-state index contributed by atoms with van der Waals surface area (Å²) in [5.74, 6) is 1.65. The van der Waals surface area contributed by atoms with Crippen molar-refractivity contribution in [3.05, 3.63) is 99.7 Å². The first kappa shape index (κ1) is 24.3. The van der Waals surface area contributed by atoms with Crippen LogP contribution >= 0.6 is 15.9 Å². The Morgan fingerprint density at radius 1 is 0.972 bits per heavy atom. The maximum absolute atomic E-state index is 13.0. The summed E-state index contributed by atoms with van der Waals surface area (Å²) in [6.07, 6.45) is 0. The topological polar surface area (TPSA) is 63.7 Å². The maximum atomic E-state index is 13.0. The van der Waals surface area contributed by atoms with Crippen LogP contribution in [0.4, 0.5) is 0 Å². The number of piperazine rings is 1. The average Bonchev–Trinajstić information content (AvgIpc) is 3.49. The van der Waals surface area contributed by atoms with Crippen molar-refractivity contribution in [2.24, 2.45) is 0 Å². The number of ether oxygens (including phenoxy) is 1. The van der Waals surface area contributed by atoms with Crippen LogP contribution in [0.2, 0.25) is 0 Å². The molecule has 1 aliphatic rings. The second-order valence-corrected chi connectivity index (χ2v) is 9.89. The summed E-state index contributed by atoms with van der Waals surface area (Å²) in [6.45, 7) is 8.23. The minimum atomic E-state index is -0.0752. The smallest absolute Gasteiger partial charge is 0.289 e. The van der Waals surface area contributed by atoms with Gasteiger partial charge in [-0.1, -0.05) is 34.1 Å². The molecule has 0 radical (unpaired) electrons. The number of furan rings is 1. The lowest BCUT2D eigenvalue weighted by molar-refractivity contribution is 0.0593. The van der Waals surface area contributed by atoms with Gasteiger partial charge in [-0.3, -0.25) is 9.69 Å². The maximum Gasteiger partial charge on any atom is 0.289 e. The van der Waals surface area contributed by atoms with E-state index in [1.54, 1.807) is 12.1 Å².